The number of nitrogens with one attached hydrogen (secondary N) is 1. The molecule has 1 fully saturated rings. The molecule has 102 valence electrons. The predicted octanol–water partition coefficient (Wildman–Crippen LogP) is 4.04. The standard InChI is InChI=1S/C15H19BrN2O/c16-12-7-10-11(6-9-4-2-1-3-5-9)15(19)18-14(10)8-13(12)17/h7-9,11H,1-6,17H2,(H,18,19). The number of amides is 1. The highest BCUT2D eigenvalue weighted by molar-refractivity contribution is 9.10. The van der Waals surface area contributed by atoms with Crippen molar-refractivity contribution >= 4 is 33.2 Å². The first-order valence-electron chi connectivity index (χ1n) is 7.05. The summed E-state index contributed by atoms with van der Waals surface area (Å²) in [5, 5.41) is 2.97. The molecule has 1 aromatic rings. The maximum atomic E-state index is 12.2. The minimum atomic E-state index is 0.00926. The Morgan fingerprint density at radius 3 is 2.74 bits per heavy atom. The van der Waals surface area contributed by atoms with Crippen LogP contribution in [0.2, 0.25) is 0 Å². The van der Waals surface area contributed by atoms with Crippen molar-refractivity contribution in [2.75, 3.05) is 11.1 Å². The molecule has 1 saturated carbocycles. The van der Waals surface area contributed by atoms with E-state index in [9.17, 15) is 4.79 Å². The van der Waals surface area contributed by atoms with E-state index in [0.29, 0.717) is 11.6 Å². The van der Waals surface area contributed by atoms with Gasteiger partial charge in [-0.1, -0.05) is 32.1 Å². The van der Waals surface area contributed by atoms with Crippen molar-refractivity contribution < 1.29 is 4.79 Å². The third-order valence-corrected chi connectivity index (χ3v) is 5.10. The summed E-state index contributed by atoms with van der Waals surface area (Å²) in [6.45, 7) is 0. The third-order valence-electron chi connectivity index (χ3n) is 4.41. The molecule has 0 bridgehead atoms. The molecule has 4 heteroatoms. The first-order valence-corrected chi connectivity index (χ1v) is 7.84. The van der Waals surface area contributed by atoms with E-state index < -0.39 is 0 Å². The van der Waals surface area contributed by atoms with Crippen molar-refractivity contribution in [2.45, 2.75) is 44.4 Å². The molecule has 19 heavy (non-hydrogen) atoms. The molecule has 1 unspecified atom stereocenters. The molecule has 1 aromatic carbocycles. The van der Waals surface area contributed by atoms with Crippen molar-refractivity contribution in [2.24, 2.45) is 5.92 Å². The van der Waals surface area contributed by atoms with Gasteiger partial charge in [0.1, 0.15) is 0 Å². The highest BCUT2D eigenvalue weighted by Gasteiger charge is 2.33. The van der Waals surface area contributed by atoms with E-state index in [2.05, 4.69) is 21.2 Å². The van der Waals surface area contributed by atoms with Gasteiger partial charge in [0, 0.05) is 15.8 Å². The Morgan fingerprint density at radius 2 is 2.00 bits per heavy atom. The van der Waals surface area contributed by atoms with Crippen LogP contribution in [-0.2, 0) is 4.79 Å². The Labute approximate surface area is 122 Å². The summed E-state index contributed by atoms with van der Waals surface area (Å²) in [6.07, 6.45) is 7.51. The minimum absolute atomic E-state index is 0.00926. The van der Waals surface area contributed by atoms with Gasteiger partial charge in [-0.15, -0.1) is 0 Å². The van der Waals surface area contributed by atoms with E-state index in [1.165, 1.54) is 32.1 Å². The van der Waals surface area contributed by atoms with Gasteiger partial charge in [-0.05, 0) is 46.0 Å². The van der Waals surface area contributed by atoms with Gasteiger partial charge in [0.05, 0.1) is 5.92 Å². The lowest BCUT2D eigenvalue weighted by Gasteiger charge is -2.23. The SMILES string of the molecule is Nc1cc2c(cc1Br)C(CC1CCCCC1)C(=O)N2. The lowest BCUT2D eigenvalue weighted by molar-refractivity contribution is -0.117. The van der Waals surface area contributed by atoms with Gasteiger partial charge in [0.2, 0.25) is 5.91 Å². The number of hydrogen-bond acceptors (Lipinski definition) is 2. The Bertz CT molecular complexity index is 509. The van der Waals surface area contributed by atoms with Crippen molar-refractivity contribution in [1.82, 2.24) is 0 Å². The molecule has 1 amide bonds. The number of halogens is 1. The Kier molecular flexibility index (Phi) is 3.52. The lowest BCUT2D eigenvalue weighted by Crippen LogP contribution is -2.17. The fourth-order valence-corrected chi connectivity index (χ4v) is 3.71. The molecule has 1 heterocycles. The summed E-state index contributed by atoms with van der Waals surface area (Å²) in [5.74, 6) is 0.847. The predicted molar refractivity (Wildman–Crippen MR) is 81.1 cm³/mol. The highest BCUT2D eigenvalue weighted by atomic mass is 79.9. The van der Waals surface area contributed by atoms with Crippen LogP contribution in [0.25, 0.3) is 0 Å². The number of carbonyl (C=O) groups excluding carboxylic acids is 1. The van der Waals surface area contributed by atoms with E-state index in [1.54, 1.807) is 0 Å². The maximum Gasteiger partial charge on any atom is 0.232 e. The molecule has 0 saturated heterocycles. The fraction of sp³-hybridized carbons (Fsp3) is 0.533. The summed E-state index contributed by atoms with van der Waals surface area (Å²) >= 11 is 3.46. The Balaban J connectivity index is 1.83. The van der Waals surface area contributed by atoms with Gasteiger partial charge in [-0.2, -0.15) is 0 Å². The molecule has 0 spiro atoms. The summed E-state index contributed by atoms with van der Waals surface area (Å²) < 4.78 is 0.886. The molecule has 0 aromatic heterocycles. The van der Waals surface area contributed by atoms with Gasteiger partial charge in [-0.25, -0.2) is 0 Å². The zero-order valence-electron chi connectivity index (χ0n) is 10.9. The Morgan fingerprint density at radius 1 is 1.26 bits per heavy atom. The van der Waals surface area contributed by atoms with Crippen LogP contribution in [0.1, 0.15) is 50.0 Å². The highest BCUT2D eigenvalue weighted by Crippen LogP contribution is 2.42. The number of nitrogens with two attached hydrogens (primary N) is 1. The van der Waals surface area contributed by atoms with E-state index in [-0.39, 0.29) is 11.8 Å². The van der Waals surface area contributed by atoms with Gasteiger partial charge in [0.15, 0.2) is 0 Å². The molecule has 3 rings (SSSR count). The topological polar surface area (TPSA) is 55.1 Å². The number of fused-ring (bicyclic) bond motifs is 1. The Hall–Kier alpha value is -1.03. The largest absolute Gasteiger partial charge is 0.398 e. The molecule has 1 aliphatic heterocycles. The average Bonchev–Trinajstić information content (AvgIpc) is 2.68. The smallest absolute Gasteiger partial charge is 0.232 e. The third kappa shape index (κ3) is 2.50. The van der Waals surface area contributed by atoms with Crippen LogP contribution in [0.15, 0.2) is 16.6 Å². The monoisotopic (exact) mass is 322 g/mol. The first-order chi connectivity index (χ1) is 9.15. The van der Waals surface area contributed by atoms with E-state index >= 15 is 0 Å². The van der Waals surface area contributed by atoms with Crippen molar-refractivity contribution in [3.05, 3.63) is 22.2 Å². The molecular weight excluding hydrogens is 304 g/mol. The van der Waals surface area contributed by atoms with Crippen LogP contribution < -0.4 is 11.1 Å². The second-order valence-electron chi connectivity index (χ2n) is 5.74. The molecule has 1 aliphatic carbocycles. The minimum Gasteiger partial charge on any atom is -0.398 e. The van der Waals surface area contributed by atoms with Gasteiger partial charge in [-0.3, -0.25) is 4.79 Å². The second-order valence-corrected chi connectivity index (χ2v) is 6.60. The quantitative estimate of drug-likeness (QED) is 0.807. The maximum absolute atomic E-state index is 12.2. The molecule has 3 nitrogen and oxygen atoms in total. The van der Waals surface area contributed by atoms with Crippen LogP contribution in [0.4, 0.5) is 11.4 Å². The second kappa shape index (κ2) is 5.16. The van der Waals surface area contributed by atoms with Gasteiger partial charge in [0.25, 0.3) is 0 Å². The zero-order valence-corrected chi connectivity index (χ0v) is 12.5. The molecular formula is C15H19BrN2O. The normalized spacial score (nSPS) is 23.2. The number of carbonyl (C=O) groups is 1. The average molecular weight is 323 g/mol. The fourth-order valence-electron chi connectivity index (χ4n) is 3.35. The molecule has 3 N–H and O–H groups in total. The van der Waals surface area contributed by atoms with Gasteiger partial charge >= 0.3 is 0 Å². The van der Waals surface area contributed by atoms with Crippen LogP contribution in [-0.4, -0.2) is 5.91 Å². The zero-order chi connectivity index (χ0) is 13.4. The van der Waals surface area contributed by atoms with E-state index in [0.717, 1.165) is 22.1 Å². The molecule has 0 radical (unpaired) electrons. The van der Waals surface area contributed by atoms with E-state index in [4.69, 9.17) is 5.73 Å². The number of hydrogen-bond donors (Lipinski definition) is 2. The van der Waals surface area contributed by atoms with E-state index in [1.807, 2.05) is 12.1 Å². The van der Waals surface area contributed by atoms with Crippen LogP contribution >= 0.6 is 15.9 Å². The summed E-state index contributed by atoms with van der Waals surface area (Å²) in [5.41, 5.74) is 8.55. The van der Waals surface area contributed by atoms with Crippen molar-refractivity contribution in [3.8, 4) is 0 Å². The lowest BCUT2D eigenvalue weighted by atomic mass is 9.81. The van der Waals surface area contributed by atoms with Crippen LogP contribution in [0.5, 0.6) is 0 Å². The van der Waals surface area contributed by atoms with Gasteiger partial charge < -0.3 is 11.1 Å². The van der Waals surface area contributed by atoms with Crippen molar-refractivity contribution in [1.29, 1.82) is 0 Å². The summed E-state index contributed by atoms with van der Waals surface area (Å²) in [6, 6.07) is 3.87. The van der Waals surface area contributed by atoms with Crippen molar-refractivity contribution in [3.63, 3.8) is 0 Å². The number of nitrogen functional groups attached to an aromatic ring is 1. The number of rotatable bonds is 2. The van der Waals surface area contributed by atoms with Crippen LogP contribution in [0, 0.1) is 5.92 Å². The summed E-state index contributed by atoms with van der Waals surface area (Å²) in [7, 11) is 0. The molecule has 2 aliphatic rings. The number of benzene rings is 1. The number of anilines is 2. The molecule has 1 atom stereocenters. The summed E-state index contributed by atoms with van der Waals surface area (Å²) in [4.78, 5) is 12.2. The first kappa shape index (κ1) is 13.0. The van der Waals surface area contributed by atoms with Crippen LogP contribution in [0.3, 0.4) is 0 Å².